The first-order chi connectivity index (χ1) is 60.9. The zero-order valence-corrected chi connectivity index (χ0v) is 71.9. The van der Waals surface area contributed by atoms with Gasteiger partial charge in [-0.1, -0.05) is 111 Å². The van der Waals surface area contributed by atoms with Crippen molar-refractivity contribution in [2.75, 3.05) is 208 Å². The van der Waals surface area contributed by atoms with Crippen LogP contribution < -0.4 is 43.6 Å². The van der Waals surface area contributed by atoms with E-state index in [0.717, 1.165) is 116 Å². The minimum absolute atomic E-state index is 0.00553. The van der Waals surface area contributed by atoms with Crippen molar-refractivity contribution < 1.29 is 46.8 Å². The van der Waals surface area contributed by atoms with E-state index >= 15 is 0 Å². The van der Waals surface area contributed by atoms with Crippen molar-refractivity contribution in [3.05, 3.63) is 221 Å². The van der Waals surface area contributed by atoms with Gasteiger partial charge in [0.1, 0.15) is 67.6 Å². The molecule has 0 saturated carbocycles. The van der Waals surface area contributed by atoms with Gasteiger partial charge in [-0.05, 0) is 114 Å². The highest BCUT2D eigenvalue weighted by Gasteiger charge is 2.40. The van der Waals surface area contributed by atoms with E-state index in [1.807, 2.05) is 4.90 Å². The predicted octanol–water partition coefficient (Wildman–Crippen LogP) is 10.0. The number of rotatable bonds is 22. The number of alkyl halides is 2. The largest absolute Gasteiger partial charge is 0.462 e. The van der Waals surface area contributed by atoms with Crippen LogP contribution in [-0.4, -0.2) is 298 Å². The number of anilines is 6. The number of carbonyl (C=O) groups is 3. The summed E-state index contributed by atoms with van der Waals surface area (Å²) in [5.41, 5.74) is 8.71. The zero-order chi connectivity index (χ0) is 87.2. The van der Waals surface area contributed by atoms with E-state index in [-0.39, 0.29) is 85.3 Å². The molecule has 125 heavy (non-hydrogen) atoms. The molecule has 12 heterocycles. The van der Waals surface area contributed by atoms with Gasteiger partial charge in [-0.25, -0.2) is 28.5 Å². The molecule has 9 aliphatic rings. The molecule has 0 bridgehead atoms. The number of para-hydroxylation sites is 1. The Bertz CT molecular complexity index is 5350. The number of amides is 3. The lowest BCUT2D eigenvalue weighted by atomic mass is 10.0. The molecule has 17 rings (SSSR count). The van der Waals surface area contributed by atoms with Gasteiger partial charge < -0.3 is 92.1 Å². The van der Waals surface area contributed by atoms with Gasteiger partial charge in [0.05, 0.1) is 49.9 Å². The summed E-state index contributed by atoms with van der Waals surface area (Å²) >= 11 is 0. The Morgan fingerprint density at radius 1 is 0.464 bits per heavy atom. The van der Waals surface area contributed by atoms with Gasteiger partial charge in [0, 0.05) is 160 Å². The second-order valence-corrected chi connectivity index (χ2v) is 33.4. The van der Waals surface area contributed by atoms with Crippen LogP contribution in [0.1, 0.15) is 65.5 Å². The van der Waals surface area contributed by atoms with Crippen molar-refractivity contribution >= 4 is 73.8 Å². The fraction of sp³-hybridized carbons (Fsp3) is 0.468. The minimum Gasteiger partial charge on any atom is -0.462 e. The number of hydrogen-bond acceptors (Lipinski definition) is 23. The maximum Gasteiger partial charge on any atom is 0.318 e. The van der Waals surface area contributed by atoms with E-state index in [1.165, 1.54) is 57.2 Å². The Morgan fingerprint density at radius 2 is 0.872 bits per heavy atom. The molecule has 5 aromatic carbocycles. The molecule has 0 spiro atoms. The summed E-state index contributed by atoms with van der Waals surface area (Å²) < 4.78 is 58.2. The second kappa shape index (κ2) is 40.6. The van der Waals surface area contributed by atoms with Crippen LogP contribution in [0, 0.1) is 19.7 Å². The Kier molecular flexibility index (Phi) is 28.5. The first-order valence-corrected chi connectivity index (χ1v) is 43.4. The van der Waals surface area contributed by atoms with Crippen molar-refractivity contribution in [2.45, 2.75) is 108 Å². The number of likely N-dealkylation sites (N-methyl/N-ethyl adjacent to an activating group) is 3. The fourth-order valence-corrected chi connectivity index (χ4v) is 18.6. The highest BCUT2D eigenvalue weighted by Crippen LogP contribution is 2.40. The summed E-state index contributed by atoms with van der Waals surface area (Å²) in [4.78, 5) is 103. The smallest absolute Gasteiger partial charge is 0.318 e. The van der Waals surface area contributed by atoms with Crippen molar-refractivity contribution in [1.29, 1.82) is 0 Å². The summed E-state index contributed by atoms with van der Waals surface area (Å²) in [7, 11) is 6.27. The number of nitrogens with zero attached hydrogens (tertiary/aromatic N) is 21. The van der Waals surface area contributed by atoms with Crippen LogP contribution in [0.3, 0.4) is 0 Å². The molecule has 6 saturated heterocycles. The van der Waals surface area contributed by atoms with Crippen LogP contribution >= 0.6 is 0 Å². The molecule has 0 aliphatic carbocycles. The summed E-state index contributed by atoms with van der Waals surface area (Å²) in [6, 6.07) is 37.2. The quantitative estimate of drug-likeness (QED) is 0.0454. The van der Waals surface area contributed by atoms with E-state index in [4.69, 9.17) is 73.3 Å². The zero-order valence-electron chi connectivity index (χ0n) is 71.9. The Hall–Kier alpha value is -12.2. The number of fused-ring (bicyclic) bond motifs is 5. The molecule has 3 aromatic heterocycles. The van der Waals surface area contributed by atoms with E-state index in [0.29, 0.717) is 148 Å². The predicted molar refractivity (Wildman–Crippen MR) is 479 cm³/mol. The molecule has 654 valence electrons. The van der Waals surface area contributed by atoms with E-state index in [1.54, 1.807) is 32.9 Å². The van der Waals surface area contributed by atoms with Crippen LogP contribution in [0.15, 0.2) is 147 Å². The van der Waals surface area contributed by atoms with E-state index < -0.39 is 6.43 Å². The number of benzene rings is 5. The van der Waals surface area contributed by atoms with Gasteiger partial charge in [0.15, 0.2) is 0 Å². The molecule has 8 aromatic rings. The van der Waals surface area contributed by atoms with Crippen LogP contribution in [0.25, 0.3) is 36.1 Å². The number of likely N-dealkylation sites (tertiary alicyclic amines) is 1. The number of hydrogen-bond donors (Lipinski definition) is 0. The highest BCUT2D eigenvalue weighted by molar-refractivity contribution is 5.96. The van der Waals surface area contributed by atoms with Crippen LogP contribution in [0.2, 0.25) is 0 Å². The maximum absolute atomic E-state index is 13.8. The normalized spacial score (nSPS) is 21.7. The number of ether oxygens (including phenoxy) is 5. The maximum atomic E-state index is 13.8. The third-order valence-electron chi connectivity index (χ3n) is 25.5. The Morgan fingerprint density at radius 3 is 1.29 bits per heavy atom. The van der Waals surface area contributed by atoms with E-state index in [2.05, 4.69) is 186 Å². The average Bonchev–Trinajstić information content (AvgIpc) is 1.00. The van der Waals surface area contributed by atoms with Gasteiger partial charge in [-0.3, -0.25) is 19.3 Å². The van der Waals surface area contributed by atoms with Gasteiger partial charge in [-0.15, -0.1) is 0 Å². The highest BCUT2D eigenvalue weighted by atomic mass is 19.3. The van der Waals surface area contributed by atoms with Crippen LogP contribution in [-0.2, 0) is 62.8 Å². The molecule has 0 N–H and O–H groups in total. The van der Waals surface area contributed by atoms with E-state index in [9.17, 15) is 23.2 Å². The van der Waals surface area contributed by atoms with Gasteiger partial charge in [0.2, 0.25) is 37.4 Å². The van der Waals surface area contributed by atoms with Crippen LogP contribution in [0.4, 0.5) is 43.3 Å². The van der Waals surface area contributed by atoms with Gasteiger partial charge in [0.25, 0.3) is 6.43 Å². The molecule has 29 nitrogen and oxygen atoms in total. The number of aromatic nitrogens is 6. The number of halogens is 2. The third kappa shape index (κ3) is 20.3. The number of morpholine rings is 2. The second-order valence-electron chi connectivity index (χ2n) is 33.4. The lowest BCUT2D eigenvalue weighted by Crippen LogP contribution is -2.56. The molecule has 3 amide bonds. The summed E-state index contributed by atoms with van der Waals surface area (Å²) in [5, 5.41) is 4.86. The molecular formula is C94H111F2N21O8. The van der Waals surface area contributed by atoms with Crippen molar-refractivity contribution in [2.24, 2.45) is 0 Å². The first-order valence-electron chi connectivity index (χ1n) is 43.4. The molecule has 1 unspecified atom stereocenters. The Labute approximate surface area is 730 Å². The van der Waals surface area contributed by atoms with Crippen LogP contribution in [0.5, 0.6) is 18.0 Å². The van der Waals surface area contributed by atoms with Gasteiger partial charge >= 0.3 is 18.0 Å². The average molecular weight is 1700 g/mol. The fourth-order valence-electron chi connectivity index (χ4n) is 18.6. The summed E-state index contributed by atoms with van der Waals surface area (Å²) in [6.07, 6.45) is 5.57. The molecule has 31 heteroatoms. The lowest BCUT2D eigenvalue weighted by molar-refractivity contribution is -0.129. The number of piperazine rings is 3. The SMILES string of the molecule is [C-]#[N+]CC1CN(c2nc(OC[C@@H]3CCCN3C)nc3c2CCN(c2ccccc2C(F)F)C3)CCN1C(=O)C=C.[C-]#[N+]C[C@H]1CN(c2nc(OC[C@H]3CN(C)CCO3)nc3c2CCN(c2cccc4ccccc24)C3)CCN1C(=O)C=C.[C-]#[N+]C[C@H]1CN(c2nc(OC[C@H]3CN(C)[C@H](C)CO3)nc3c2CCN(c2cccc4ccccc24)C3)CCN1C(=O)C=C. The molecule has 0 radical (unpaired) electrons. The number of carbonyl (C=O) groups excluding carboxylic acids is 3. The first kappa shape index (κ1) is 87.7. The molecule has 6 fully saturated rings. The summed E-state index contributed by atoms with van der Waals surface area (Å²) in [6.45, 7) is 50.7. The monoisotopic (exact) mass is 1700 g/mol. The lowest BCUT2D eigenvalue weighted by Gasteiger charge is -2.41. The van der Waals surface area contributed by atoms with Crippen molar-refractivity contribution in [1.82, 2.24) is 59.3 Å². The Balaban J connectivity index is 0.000000145. The van der Waals surface area contributed by atoms with Crippen molar-refractivity contribution in [3.63, 3.8) is 0 Å². The van der Waals surface area contributed by atoms with Gasteiger partial charge in [-0.2, -0.15) is 29.9 Å². The molecule has 9 aliphatic heterocycles. The molecule has 7 atom stereocenters. The third-order valence-corrected chi connectivity index (χ3v) is 25.5. The standard InChI is InChI=1S/C33H39N7O3.C32H37N7O3.C29H35F2N7O2/c1-5-31(41)40-16-15-39(18-25(40)17-34-3)32-28-13-14-38(30-12-8-10-24-9-6-7-11-27(24)30)20-29(28)35-33(36-32)43-22-26-19-37(4)23(2)21-42-26;1-4-30(40)39-15-14-38(19-24(39)18-33-2)31-27-12-13-37(29-11-7-9-23-8-5-6-10-26(23)29)21-28(27)34-32(35-31)42-22-25-20-36(3)16-17-41-25;1-4-26(39)38-15-14-37(17-21(38)16-32-2)28-22-11-13-36(25-10-6-5-9-23(25)27(30)31)18-24(22)33-29(34-28)40-19-20-8-7-12-35(20)3/h5-12,23,25-26H,1,13-22H2,2,4H3;4-11,24-25H,1,12-22H2,3H3;4-6,9-10,20-21,27H,1,7-8,11-19H2,3H3/t23-,25+,26-;24-,25+;20-,21?/m100/s1. The topological polar surface area (TPSA) is 227 Å². The minimum atomic E-state index is -2.57. The molecular weight excluding hydrogens is 1590 g/mol. The summed E-state index contributed by atoms with van der Waals surface area (Å²) in [5.74, 6) is 1.96. The van der Waals surface area contributed by atoms with Crippen molar-refractivity contribution in [3.8, 4) is 18.0 Å².